The van der Waals surface area contributed by atoms with Crippen LogP contribution in [0, 0.1) is 5.92 Å². The lowest BCUT2D eigenvalue weighted by Crippen LogP contribution is -2.60. The van der Waals surface area contributed by atoms with Crippen LogP contribution in [0.15, 0.2) is 35.7 Å². The van der Waals surface area contributed by atoms with Crippen molar-refractivity contribution in [3.05, 3.63) is 46.3 Å². The zero-order valence-corrected chi connectivity index (χ0v) is 13.1. The van der Waals surface area contributed by atoms with Gasteiger partial charge in [-0.15, -0.1) is 11.8 Å². The number of carbonyl (C=O) groups is 2. The summed E-state index contributed by atoms with van der Waals surface area (Å²) in [5, 5.41) is 17.9. The van der Waals surface area contributed by atoms with E-state index in [1.807, 2.05) is 17.6 Å². The third-order valence-corrected chi connectivity index (χ3v) is 5.41. The van der Waals surface area contributed by atoms with E-state index in [2.05, 4.69) is 10.6 Å². The number of hydrogen-bond donors (Lipinski definition) is 3. The number of aliphatic hydroxyl groups excluding tert-OH is 1. The Bertz CT molecular complexity index is 637. The quantitative estimate of drug-likeness (QED) is 0.720. The van der Waals surface area contributed by atoms with E-state index in [-0.39, 0.29) is 17.8 Å². The Balaban J connectivity index is 1.67. The van der Waals surface area contributed by atoms with Crippen molar-refractivity contribution in [2.75, 3.05) is 0 Å². The van der Waals surface area contributed by atoms with E-state index in [0.29, 0.717) is 5.02 Å². The number of hydrogen-bond acceptors (Lipinski definition) is 4. The molecule has 2 heterocycles. The molecule has 3 N–H and O–H groups in total. The zero-order valence-electron chi connectivity index (χ0n) is 11.5. The number of nitrogens with one attached hydrogen (secondary N) is 2. The molecule has 7 heteroatoms. The highest BCUT2D eigenvalue weighted by Gasteiger charge is 2.47. The lowest BCUT2D eigenvalue weighted by molar-refractivity contribution is -0.142. The van der Waals surface area contributed by atoms with Crippen molar-refractivity contribution in [3.63, 3.8) is 0 Å². The molecular weight excluding hydrogens is 324 g/mol. The summed E-state index contributed by atoms with van der Waals surface area (Å²) in [5.74, 6) is -2.04. The van der Waals surface area contributed by atoms with Gasteiger partial charge in [-0.1, -0.05) is 35.9 Å². The molecule has 2 amide bonds. The number of carbonyl (C=O) groups excluding carboxylic acids is 2. The van der Waals surface area contributed by atoms with Crippen molar-refractivity contribution in [1.82, 2.24) is 10.6 Å². The van der Waals surface area contributed by atoms with Crippen molar-refractivity contribution in [1.29, 1.82) is 0 Å². The molecule has 0 radical (unpaired) electrons. The minimum atomic E-state index is -1.10. The molecule has 3 rings (SSSR count). The first-order chi connectivity index (χ1) is 10.6. The first kappa shape index (κ1) is 15.4. The van der Waals surface area contributed by atoms with Crippen LogP contribution in [0.4, 0.5) is 0 Å². The molecule has 0 aromatic heterocycles. The Kier molecular flexibility index (Phi) is 4.42. The highest BCUT2D eigenvalue weighted by atomic mass is 35.5. The molecule has 0 aliphatic carbocycles. The van der Waals surface area contributed by atoms with E-state index in [1.165, 1.54) is 11.8 Å². The molecule has 4 atom stereocenters. The summed E-state index contributed by atoms with van der Waals surface area (Å²) in [6.45, 7) is 0.217. The third-order valence-electron chi connectivity index (χ3n) is 3.84. The van der Waals surface area contributed by atoms with Gasteiger partial charge in [0.15, 0.2) is 0 Å². The standard InChI is InChI=1S/C15H15ClN2O3S/c16-9-4-2-1-3-8(9)7-17-14(20)11-12(19)13-10(5-6-22-13)18-15(11)21/h1-6,10-13,19H,7H2,(H,17,20)(H,18,21). The maximum absolute atomic E-state index is 12.3. The second kappa shape index (κ2) is 6.32. The molecular formula is C15H15ClN2O3S. The smallest absolute Gasteiger partial charge is 0.235 e. The Labute approximate surface area is 137 Å². The van der Waals surface area contributed by atoms with Gasteiger partial charge in [0.2, 0.25) is 11.8 Å². The summed E-state index contributed by atoms with van der Waals surface area (Å²) in [6.07, 6.45) is 0.818. The Hall–Kier alpha value is -1.50. The van der Waals surface area contributed by atoms with Crippen molar-refractivity contribution in [2.24, 2.45) is 5.92 Å². The molecule has 1 fully saturated rings. The first-order valence-corrected chi connectivity index (χ1v) is 8.21. The van der Waals surface area contributed by atoms with Crippen LogP contribution < -0.4 is 10.6 Å². The van der Waals surface area contributed by atoms with E-state index in [1.54, 1.807) is 18.2 Å². The van der Waals surface area contributed by atoms with Crippen LogP contribution in [0.25, 0.3) is 0 Å². The van der Waals surface area contributed by atoms with Crippen LogP contribution in [0.1, 0.15) is 5.56 Å². The second-order valence-electron chi connectivity index (χ2n) is 5.24. The van der Waals surface area contributed by atoms with Gasteiger partial charge < -0.3 is 15.7 Å². The Morgan fingerprint density at radius 2 is 2.18 bits per heavy atom. The molecule has 1 aromatic carbocycles. The number of piperidine rings is 1. The minimum Gasteiger partial charge on any atom is -0.390 e. The fourth-order valence-corrected chi connectivity index (χ4v) is 3.94. The minimum absolute atomic E-state index is 0.208. The predicted octanol–water partition coefficient (Wildman–Crippen LogP) is 1.06. The summed E-state index contributed by atoms with van der Waals surface area (Å²) in [6, 6.07) is 6.95. The van der Waals surface area contributed by atoms with Crippen LogP contribution in [0.5, 0.6) is 0 Å². The lowest BCUT2D eigenvalue weighted by atomic mass is 9.89. The van der Waals surface area contributed by atoms with Gasteiger partial charge in [-0.05, 0) is 17.0 Å². The monoisotopic (exact) mass is 338 g/mol. The topological polar surface area (TPSA) is 78.4 Å². The molecule has 1 aromatic rings. The van der Waals surface area contributed by atoms with E-state index >= 15 is 0 Å². The number of halogens is 1. The van der Waals surface area contributed by atoms with Gasteiger partial charge in [-0.25, -0.2) is 0 Å². The summed E-state index contributed by atoms with van der Waals surface area (Å²) < 4.78 is 0. The molecule has 0 spiro atoms. The SMILES string of the molecule is O=C(NCc1ccccc1Cl)C1C(=O)NC2C=CSC2C1O. The van der Waals surface area contributed by atoms with E-state index < -0.39 is 23.8 Å². The number of amides is 2. The van der Waals surface area contributed by atoms with Crippen LogP contribution in [-0.4, -0.2) is 34.3 Å². The van der Waals surface area contributed by atoms with Crippen molar-refractivity contribution < 1.29 is 14.7 Å². The number of thioether (sulfide) groups is 1. The van der Waals surface area contributed by atoms with Crippen molar-refractivity contribution in [2.45, 2.75) is 23.9 Å². The van der Waals surface area contributed by atoms with E-state index in [0.717, 1.165) is 5.56 Å². The first-order valence-electron chi connectivity index (χ1n) is 6.89. The Morgan fingerprint density at radius 3 is 2.95 bits per heavy atom. The van der Waals surface area contributed by atoms with Crippen LogP contribution in [0.2, 0.25) is 5.02 Å². The molecule has 2 aliphatic rings. The van der Waals surface area contributed by atoms with Gasteiger partial charge in [0.1, 0.15) is 5.92 Å². The Morgan fingerprint density at radius 1 is 1.41 bits per heavy atom. The van der Waals surface area contributed by atoms with Crippen LogP contribution in [0.3, 0.4) is 0 Å². The normalized spacial score (nSPS) is 29.8. The molecule has 5 nitrogen and oxygen atoms in total. The number of rotatable bonds is 3. The fourth-order valence-electron chi connectivity index (χ4n) is 2.65. The zero-order chi connectivity index (χ0) is 15.7. The summed E-state index contributed by atoms with van der Waals surface area (Å²) >= 11 is 7.46. The van der Waals surface area contributed by atoms with Gasteiger partial charge in [0.05, 0.1) is 17.4 Å². The number of aliphatic hydroxyl groups is 1. The number of benzene rings is 1. The van der Waals surface area contributed by atoms with Gasteiger partial charge in [-0.3, -0.25) is 9.59 Å². The highest BCUT2D eigenvalue weighted by molar-refractivity contribution is 8.03. The van der Waals surface area contributed by atoms with Gasteiger partial charge >= 0.3 is 0 Å². The highest BCUT2D eigenvalue weighted by Crippen LogP contribution is 2.33. The molecule has 1 saturated heterocycles. The molecule has 2 aliphatic heterocycles. The average molecular weight is 339 g/mol. The molecule has 4 unspecified atom stereocenters. The third kappa shape index (κ3) is 2.86. The summed E-state index contributed by atoms with van der Waals surface area (Å²) in [4.78, 5) is 24.4. The van der Waals surface area contributed by atoms with Crippen LogP contribution in [-0.2, 0) is 16.1 Å². The molecule has 0 bridgehead atoms. The predicted molar refractivity (Wildman–Crippen MR) is 85.2 cm³/mol. The average Bonchev–Trinajstić information content (AvgIpc) is 2.95. The maximum atomic E-state index is 12.3. The lowest BCUT2D eigenvalue weighted by Gasteiger charge is -2.35. The number of fused-ring (bicyclic) bond motifs is 1. The van der Waals surface area contributed by atoms with E-state index in [4.69, 9.17) is 11.6 Å². The van der Waals surface area contributed by atoms with Crippen molar-refractivity contribution >= 4 is 35.2 Å². The maximum Gasteiger partial charge on any atom is 0.235 e. The summed E-state index contributed by atoms with van der Waals surface area (Å²) in [5.41, 5.74) is 0.762. The van der Waals surface area contributed by atoms with E-state index in [9.17, 15) is 14.7 Å². The molecule has 116 valence electrons. The van der Waals surface area contributed by atoms with Crippen LogP contribution >= 0.6 is 23.4 Å². The summed E-state index contributed by atoms with van der Waals surface area (Å²) in [7, 11) is 0. The fraction of sp³-hybridized carbons (Fsp3) is 0.333. The second-order valence-corrected chi connectivity index (χ2v) is 6.74. The largest absolute Gasteiger partial charge is 0.390 e. The molecule has 0 saturated carbocycles. The van der Waals surface area contributed by atoms with Gasteiger partial charge in [0, 0.05) is 11.6 Å². The van der Waals surface area contributed by atoms with Gasteiger partial charge in [-0.2, -0.15) is 0 Å². The van der Waals surface area contributed by atoms with Crippen molar-refractivity contribution in [3.8, 4) is 0 Å². The van der Waals surface area contributed by atoms with Gasteiger partial charge in [0.25, 0.3) is 0 Å². The molecule has 22 heavy (non-hydrogen) atoms.